The summed E-state index contributed by atoms with van der Waals surface area (Å²) >= 11 is 1.26. The molecule has 4 rings (SSSR count). The number of aryl methyl sites for hydroxylation is 1. The third-order valence-corrected chi connectivity index (χ3v) is 8.30. The zero-order valence-corrected chi connectivity index (χ0v) is 17.1. The van der Waals surface area contributed by atoms with Crippen LogP contribution in [0.2, 0.25) is 0 Å². The SMILES string of the molecule is Cc1ccc(S(=O)(=O)N2CCC[C@@H](C(=O)Nc3cccc4ncccc34)C2)s1. The molecule has 3 heterocycles. The van der Waals surface area contributed by atoms with E-state index in [-0.39, 0.29) is 18.4 Å². The van der Waals surface area contributed by atoms with E-state index in [0.29, 0.717) is 29.3 Å². The van der Waals surface area contributed by atoms with Gasteiger partial charge in [0.05, 0.1) is 17.1 Å². The number of hydrogen-bond donors (Lipinski definition) is 1. The van der Waals surface area contributed by atoms with Crippen molar-refractivity contribution in [3.05, 3.63) is 53.5 Å². The van der Waals surface area contributed by atoms with Crippen LogP contribution in [0.1, 0.15) is 17.7 Å². The van der Waals surface area contributed by atoms with Gasteiger partial charge in [0, 0.05) is 29.5 Å². The van der Waals surface area contributed by atoms with E-state index >= 15 is 0 Å². The minimum absolute atomic E-state index is 0.154. The Kier molecular flexibility index (Phi) is 5.18. The van der Waals surface area contributed by atoms with E-state index in [1.807, 2.05) is 37.3 Å². The van der Waals surface area contributed by atoms with Crippen molar-refractivity contribution < 1.29 is 13.2 Å². The molecule has 1 aliphatic rings. The second-order valence-electron chi connectivity index (χ2n) is 6.93. The number of fused-ring (bicyclic) bond motifs is 1. The van der Waals surface area contributed by atoms with Crippen LogP contribution in [0.15, 0.2) is 52.9 Å². The van der Waals surface area contributed by atoms with Gasteiger partial charge >= 0.3 is 0 Å². The highest BCUT2D eigenvalue weighted by atomic mass is 32.2. The van der Waals surface area contributed by atoms with E-state index in [9.17, 15) is 13.2 Å². The molecule has 3 aromatic rings. The molecule has 1 aliphatic heterocycles. The van der Waals surface area contributed by atoms with E-state index in [4.69, 9.17) is 0 Å². The van der Waals surface area contributed by atoms with Gasteiger partial charge in [0.25, 0.3) is 10.0 Å². The number of carbonyl (C=O) groups is 1. The van der Waals surface area contributed by atoms with Crippen LogP contribution in [0.5, 0.6) is 0 Å². The highest BCUT2D eigenvalue weighted by Gasteiger charge is 2.34. The summed E-state index contributed by atoms with van der Waals surface area (Å²) in [7, 11) is -3.55. The molecular weight excluding hydrogens is 394 g/mol. The maximum Gasteiger partial charge on any atom is 0.252 e. The number of piperidine rings is 1. The molecule has 146 valence electrons. The number of thiophene rings is 1. The summed E-state index contributed by atoms with van der Waals surface area (Å²) in [4.78, 5) is 18.1. The van der Waals surface area contributed by atoms with E-state index < -0.39 is 10.0 Å². The van der Waals surface area contributed by atoms with Crippen LogP contribution >= 0.6 is 11.3 Å². The number of sulfonamides is 1. The molecule has 1 aromatic carbocycles. The van der Waals surface area contributed by atoms with Crippen LogP contribution in [0.4, 0.5) is 5.69 Å². The van der Waals surface area contributed by atoms with E-state index in [0.717, 1.165) is 15.8 Å². The van der Waals surface area contributed by atoms with Gasteiger partial charge in [-0.05, 0) is 56.2 Å². The van der Waals surface area contributed by atoms with E-state index in [1.54, 1.807) is 18.3 Å². The van der Waals surface area contributed by atoms with Gasteiger partial charge in [-0.2, -0.15) is 4.31 Å². The number of carbonyl (C=O) groups excluding carboxylic acids is 1. The molecule has 28 heavy (non-hydrogen) atoms. The lowest BCUT2D eigenvalue weighted by molar-refractivity contribution is -0.120. The molecule has 8 heteroatoms. The Balaban J connectivity index is 1.52. The van der Waals surface area contributed by atoms with Gasteiger partial charge in [-0.1, -0.05) is 6.07 Å². The third kappa shape index (κ3) is 3.67. The van der Waals surface area contributed by atoms with Gasteiger partial charge in [-0.15, -0.1) is 11.3 Å². The lowest BCUT2D eigenvalue weighted by atomic mass is 9.98. The summed E-state index contributed by atoms with van der Waals surface area (Å²) in [6.07, 6.45) is 3.05. The highest BCUT2D eigenvalue weighted by molar-refractivity contribution is 7.91. The molecule has 1 atom stereocenters. The number of rotatable bonds is 4. The molecule has 1 fully saturated rings. The average Bonchev–Trinajstić information content (AvgIpc) is 3.15. The Labute approximate surface area is 168 Å². The van der Waals surface area contributed by atoms with Crippen molar-refractivity contribution in [3.8, 4) is 0 Å². The van der Waals surface area contributed by atoms with Crippen molar-refractivity contribution >= 4 is 43.9 Å². The average molecular weight is 416 g/mol. The minimum atomic E-state index is -3.55. The number of nitrogens with one attached hydrogen (secondary N) is 1. The van der Waals surface area contributed by atoms with Crippen LogP contribution < -0.4 is 5.32 Å². The lowest BCUT2D eigenvalue weighted by Gasteiger charge is -2.30. The summed E-state index contributed by atoms with van der Waals surface area (Å²) in [6.45, 7) is 2.53. The first-order chi connectivity index (χ1) is 13.4. The molecule has 1 N–H and O–H groups in total. The maximum absolute atomic E-state index is 12.9. The minimum Gasteiger partial charge on any atom is -0.325 e. The van der Waals surface area contributed by atoms with Crippen LogP contribution in [0, 0.1) is 12.8 Å². The topological polar surface area (TPSA) is 79.4 Å². The van der Waals surface area contributed by atoms with E-state index in [1.165, 1.54) is 15.6 Å². The highest BCUT2D eigenvalue weighted by Crippen LogP contribution is 2.29. The molecule has 0 unspecified atom stereocenters. The second kappa shape index (κ2) is 7.62. The summed E-state index contributed by atoms with van der Waals surface area (Å²) in [6, 6.07) is 12.8. The van der Waals surface area contributed by atoms with Crippen LogP contribution in [0.3, 0.4) is 0 Å². The van der Waals surface area contributed by atoms with Crippen LogP contribution in [-0.4, -0.2) is 36.7 Å². The molecule has 2 aromatic heterocycles. The molecule has 0 saturated carbocycles. The standard InChI is InChI=1S/C20H21N3O3S2/c1-14-9-10-19(27-14)28(25,26)23-12-4-5-15(13-23)20(24)22-18-8-2-7-17-16(18)6-3-11-21-17/h2-3,6-11,15H,4-5,12-13H2,1H3,(H,22,24)/t15-/m1/s1. The number of amides is 1. The summed E-state index contributed by atoms with van der Waals surface area (Å²) in [5.41, 5.74) is 1.51. The van der Waals surface area contributed by atoms with E-state index in [2.05, 4.69) is 10.3 Å². The van der Waals surface area contributed by atoms with Gasteiger partial charge in [0.15, 0.2) is 0 Å². The van der Waals surface area contributed by atoms with Gasteiger partial charge < -0.3 is 5.32 Å². The van der Waals surface area contributed by atoms with Crippen LogP contribution in [0.25, 0.3) is 10.9 Å². The Hall–Kier alpha value is -2.29. The van der Waals surface area contributed by atoms with Gasteiger partial charge in [-0.3, -0.25) is 9.78 Å². The van der Waals surface area contributed by atoms with Gasteiger partial charge in [0.1, 0.15) is 4.21 Å². The van der Waals surface area contributed by atoms with Crippen molar-refractivity contribution in [2.24, 2.45) is 5.92 Å². The number of hydrogen-bond acceptors (Lipinski definition) is 5. The van der Waals surface area contributed by atoms with Crippen molar-refractivity contribution in [2.45, 2.75) is 24.0 Å². The molecule has 1 amide bonds. The fraction of sp³-hybridized carbons (Fsp3) is 0.300. The predicted molar refractivity (Wildman–Crippen MR) is 111 cm³/mol. The molecule has 6 nitrogen and oxygen atoms in total. The Morgan fingerprint density at radius 2 is 2.07 bits per heavy atom. The largest absolute Gasteiger partial charge is 0.325 e. The number of benzene rings is 1. The fourth-order valence-corrected chi connectivity index (χ4v) is 6.46. The number of nitrogens with zero attached hydrogens (tertiary/aromatic N) is 2. The smallest absolute Gasteiger partial charge is 0.252 e. The molecule has 0 radical (unpaired) electrons. The third-order valence-electron chi connectivity index (χ3n) is 4.97. The predicted octanol–water partition coefficient (Wildman–Crippen LogP) is 3.64. The monoisotopic (exact) mass is 415 g/mol. The Morgan fingerprint density at radius 3 is 2.86 bits per heavy atom. The summed E-state index contributed by atoms with van der Waals surface area (Å²) < 4.78 is 27.6. The van der Waals surface area contributed by atoms with Crippen LogP contribution in [-0.2, 0) is 14.8 Å². The van der Waals surface area contributed by atoms with Crippen molar-refractivity contribution in [1.29, 1.82) is 0 Å². The first kappa shape index (κ1) is 19.0. The van der Waals surface area contributed by atoms with Crippen molar-refractivity contribution in [3.63, 3.8) is 0 Å². The first-order valence-electron chi connectivity index (χ1n) is 9.16. The molecule has 0 aliphatic carbocycles. The van der Waals surface area contributed by atoms with Crippen molar-refractivity contribution in [2.75, 3.05) is 18.4 Å². The zero-order chi connectivity index (χ0) is 19.7. The summed E-state index contributed by atoms with van der Waals surface area (Å²) in [5, 5.41) is 3.84. The lowest BCUT2D eigenvalue weighted by Crippen LogP contribution is -2.43. The fourth-order valence-electron chi connectivity index (χ4n) is 3.50. The number of pyridine rings is 1. The first-order valence-corrected chi connectivity index (χ1v) is 11.4. The van der Waals surface area contributed by atoms with Gasteiger partial charge in [0.2, 0.25) is 5.91 Å². The molecule has 1 saturated heterocycles. The quantitative estimate of drug-likeness (QED) is 0.705. The maximum atomic E-state index is 12.9. The summed E-state index contributed by atoms with van der Waals surface area (Å²) in [5.74, 6) is -0.532. The van der Waals surface area contributed by atoms with Gasteiger partial charge in [-0.25, -0.2) is 8.42 Å². The zero-order valence-electron chi connectivity index (χ0n) is 15.5. The molecule has 0 spiro atoms. The second-order valence-corrected chi connectivity index (χ2v) is 10.4. The Morgan fingerprint density at radius 1 is 1.21 bits per heavy atom. The Bertz CT molecular complexity index is 1120. The number of anilines is 1. The van der Waals surface area contributed by atoms with Crippen molar-refractivity contribution in [1.82, 2.24) is 9.29 Å². The number of aromatic nitrogens is 1. The molecule has 0 bridgehead atoms. The molecular formula is C20H21N3O3S2. The normalized spacial score (nSPS) is 18.2.